The van der Waals surface area contributed by atoms with Crippen LogP contribution in [0, 0.1) is 23.7 Å². The molecule has 1 aromatic heterocycles. The van der Waals surface area contributed by atoms with Crippen molar-refractivity contribution in [2.24, 2.45) is 0 Å². The minimum Gasteiger partial charge on any atom is -0.428 e. The van der Waals surface area contributed by atoms with E-state index in [1.165, 1.54) is 18.3 Å². The quantitative estimate of drug-likeness (QED) is 0.802. The van der Waals surface area contributed by atoms with Gasteiger partial charge in [-0.2, -0.15) is 0 Å². The number of aliphatic hydroxyl groups is 1. The third kappa shape index (κ3) is 3.77. The van der Waals surface area contributed by atoms with Crippen LogP contribution in [-0.4, -0.2) is 33.7 Å². The molecule has 0 aliphatic heterocycles. The van der Waals surface area contributed by atoms with Gasteiger partial charge in [0.05, 0.1) is 11.9 Å². The number of nitrogens with one attached hydrogen (secondary N) is 1. The highest BCUT2D eigenvalue weighted by Gasteiger charge is 2.41. The van der Waals surface area contributed by atoms with Crippen LogP contribution in [0.1, 0.15) is 12.8 Å². The number of hydrogen-bond acceptors (Lipinski definition) is 5. The Bertz CT molecular complexity index is 881. The van der Waals surface area contributed by atoms with Crippen LogP contribution in [0.4, 0.5) is 10.5 Å². The number of carbonyl (C=O) groups is 2. The molecule has 1 aromatic rings. The molecule has 3 rings (SSSR count). The van der Waals surface area contributed by atoms with Gasteiger partial charge in [-0.05, 0) is 43.0 Å². The van der Waals surface area contributed by atoms with E-state index < -0.39 is 23.6 Å². The predicted octanol–water partition coefficient (Wildman–Crippen LogP) is 1.60. The molecule has 124 valence electrons. The molecule has 2 aliphatic rings. The molecule has 0 radical (unpaired) electrons. The first-order valence-electron chi connectivity index (χ1n) is 7.62. The Balaban J connectivity index is 1.84. The third-order valence-corrected chi connectivity index (χ3v) is 3.67. The van der Waals surface area contributed by atoms with E-state index >= 15 is 0 Å². The van der Waals surface area contributed by atoms with Gasteiger partial charge in [-0.3, -0.25) is 15.1 Å². The summed E-state index contributed by atoms with van der Waals surface area (Å²) in [5, 5.41) is 13.0. The third-order valence-electron chi connectivity index (χ3n) is 3.67. The van der Waals surface area contributed by atoms with E-state index in [1.54, 1.807) is 24.4 Å². The van der Waals surface area contributed by atoms with Gasteiger partial charge in [-0.15, -0.1) is 0 Å². The van der Waals surface area contributed by atoms with Crippen LogP contribution in [0.5, 0.6) is 0 Å². The summed E-state index contributed by atoms with van der Waals surface area (Å²) in [5.41, 5.74) is -1.20. The van der Waals surface area contributed by atoms with Crippen molar-refractivity contribution >= 4 is 17.6 Å². The van der Waals surface area contributed by atoms with Crippen LogP contribution >= 0.6 is 0 Å². The minimum absolute atomic E-state index is 0.132. The van der Waals surface area contributed by atoms with Gasteiger partial charge in [-0.1, -0.05) is 23.8 Å². The number of aromatic nitrogens is 1. The molecule has 0 saturated carbocycles. The SMILES string of the molecule is O=C(Nc1cccnc1)OC1C#CC=CC#CC2(O)CCC=C1C2=O. The highest BCUT2D eigenvalue weighted by atomic mass is 16.6. The molecule has 0 saturated heterocycles. The van der Waals surface area contributed by atoms with Crippen molar-refractivity contribution in [1.82, 2.24) is 4.98 Å². The first-order valence-corrected chi connectivity index (χ1v) is 7.62. The second-order valence-electron chi connectivity index (χ2n) is 5.43. The van der Waals surface area contributed by atoms with Crippen molar-refractivity contribution < 1.29 is 19.4 Å². The molecular formula is C19H14N2O4. The van der Waals surface area contributed by atoms with Crippen LogP contribution in [0.3, 0.4) is 0 Å². The largest absolute Gasteiger partial charge is 0.428 e. The van der Waals surface area contributed by atoms with Gasteiger partial charge < -0.3 is 9.84 Å². The van der Waals surface area contributed by atoms with E-state index in [9.17, 15) is 14.7 Å². The highest BCUT2D eigenvalue weighted by Crippen LogP contribution is 2.27. The zero-order chi connectivity index (χ0) is 17.7. The number of hydrogen-bond donors (Lipinski definition) is 2. The standard InChI is InChI=1S/C19H14N2O4/c22-17-15-8-5-11-19(17,24)10-4-2-1-3-9-16(15)25-18(23)21-14-7-6-12-20-13-14/h1-2,6-8,12-13,16,24H,5,11H2,(H,21,23). The van der Waals surface area contributed by atoms with Crippen LogP contribution in [0.15, 0.2) is 48.3 Å². The molecule has 2 unspecified atom stereocenters. The Labute approximate surface area is 144 Å². The summed E-state index contributed by atoms with van der Waals surface area (Å²) in [7, 11) is 0. The Morgan fingerprint density at radius 2 is 2.24 bits per heavy atom. The summed E-state index contributed by atoms with van der Waals surface area (Å²) in [5.74, 6) is 9.97. The molecule has 0 aromatic carbocycles. The lowest BCUT2D eigenvalue weighted by Crippen LogP contribution is -2.43. The maximum absolute atomic E-state index is 12.6. The van der Waals surface area contributed by atoms with Gasteiger partial charge >= 0.3 is 6.09 Å². The monoisotopic (exact) mass is 334 g/mol. The second kappa shape index (κ2) is 7.04. The van der Waals surface area contributed by atoms with Crippen molar-refractivity contribution in [3.8, 4) is 23.7 Å². The molecule has 6 heteroatoms. The molecule has 25 heavy (non-hydrogen) atoms. The molecule has 1 amide bonds. The fraction of sp³-hybridized carbons (Fsp3) is 0.211. The topological polar surface area (TPSA) is 88.5 Å². The lowest BCUT2D eigenvalue weighted by Gasteiger charge is -2.28. The van der Waals surface area contributed by atoms with Crippen LogP contribution in [-0.2, 0) is 9.53 Å². The number of fused-ring (bicyclic) bond motifs is 2. The van der Waals surface area contributed by atoms with Crippen molar-refractivity contribution in [3.05, 3.63) is 48.3 Å². The molecule has 1 heterocycles. The molecule has 2 aliphatic carbocycles. The number of anilines is 1. The van der Waals surface area contributed by atoms with E-state index in [2.05, 4.69) is 34.0 Å². The maximum atomic E-state index is 12.6. The minimum atomic E-state index is -1.78. The number of ether oxygens (including phenoxy) is 1. The number of Topliss-reactive ketones (excluding diaryl/α,β-unsaturated/α-hetero) is 1. The molecule has 2 N–H and O–H groups in total. The van der Waals surface area contributed by atoms with Crippen molar-refractivity contribution in [2.45, 2.75) is 24.5 Å². The number of amides is 1. The van der Waals surface area contributed by atoms with Gasteiger partial charge in [0.1, 0.15) is 0 Å². The predicted molar refractivity (Wildman–Crippen MR) is 90.1 cm³/mol. The lowest BCUT2D eigenvalue weighted by atomic mass is 9.81. The lowest BCUT2D eigenvalue weighted by molar-refractivity contribution is -0.130. The molecule has 0 spiro atoms. The van der Waals surface area contributed by atoms with Gasteiger partial charge in [0.15, 0.2) is 11.7 Å². The summed E-state index contributed by atoms with van der Waals surface area (Å²) in [6, 6.07) is 3.31. The second-order valence-corrected chi connectivity index (χ2v) is 5.43. The van der Waals surface area contributed by atoms with E-state index in [4.69, 9.17) is 4.74 Å². The Kier molecular flexibility index (Phi) is 4.65. The first kappa shape index (κ1) is 16.5. The van der Waals surface area contributed by atoms with Crippen LogP contribution in [0.2, 0.25) is 0 Å². The average molecular weight is 334 g/mol. The number of pyridine rings is 1. The summed E-state index contributed by atoms with van der Waals surface area (Å²) in [6.45, 7) is 0. The van der Waals surface area contributed by atoms with Gasteiger partial charge in [-0.25, -0.2) is 4.79 Å². The summed E-state index contributed by atoms with van der Waals surface area (Å²) >= 11 is 0. The average Bonchev–Trinajstić information content (AvgIpc) is 2.59. The van der Waals surface area contributed by atoms with E-state index in [0.29, 0.717) is 12.1 Å². The van der Waals surface area contributed by atoms with Gasteiger partial charge in [0.25, 0.3) is 0 Å². The van der Waals surface area contributed by atoms with E-state index in [1.807, 2.05) is 0 Å². The first-order chi connectivity index (χ1) is 12.1. The van der Waals surface area contributed by atoms with Gasteiger partial charge in [0.2, 0.25) is 5.78 Å². The van der Waals surface area contributed by atoms with Gasteiger partial charge in [0, 0.05) is 11.8 Å². The smallest absolute Gasteiger partial charge is 0.413 e. The van der Waals surface area contributed by atoms with Crippen LogP contribution in [0.25, 0.3) is 0 Å². The fourth-order valence-electron chi connectivity index (χ4n) is 2.46. The molecule has 0 fully saturated rings. The van der Waals surface area contributed by atoms with Crippen molar-refractivity contribution in [1.29, 1.82) is 0 Å². The zero-order valence-corrected chi connectivity index (χ0v) is 13.2. The molecule has 2 bridgehead atoms. The highest BCUT2D eigenvalue weighted by molar-refractivity contribution is 6.06. The number of nitrogens with zero attached hydrogens (tertiary/aromatic N) is 1. The van der Waals surface area contributed by atoms with E-state index in [0.717, 1.165) is 0 Å². The number of rotatable bonds is 2. The summed E-state index contributed by atoms with van der Waals surface area (Å²) in [4.78, 5) is 28.6. The Morgan fingerprint density at radius 3 is 3.04 bits per heavy atom. The van der Waals surface area contributed by atoms with Crippen molar-refractivity contribution in [2.75, 3.05) is 5.32 Å². The van der Waals surface area contributed by atoms with Crippen molar-refractivity contribution in [3.63, 3.8) is 0 Å². The van der Waals surface area contributed by atoms with E-state index in [-0.39, 0.29) is 12.0 Å². The maximum Gasteiger partial charge on any atom is 0.413 e. The number of ketones is 1. The normalized spacial score (nSPS) is 24.0. The summed E-state index contributed by atoms with van der Waals surface area (Å²) < 4.78 is 5.29. The molecule has 6 nitrogen and oxygen atoms in total. The van der Waals surface area contributed by atoms with Crippen LogP contribution < -0.4 is 5.32 Å². The number of carbonyl (C=O) groups excluding carboxylic acids is 2. The number of allylic oxidation sites excluding steroid dienone is 3. The zero-order valence-electron chi connectivity index (χ0n) is 13.2. The Morgan fingerprint density at radius 1 is 1.40 bits per heavy atom. The molecule has 2 atom stereocenters. The molecular weight excluding hydrogens is 320 g/mol. The summed E-state index contributed by atoms with van der Waals surface area (Å²) in [6.07, 6.45) is 6.32. The Hall–Kier alpha value is -3.35. The fourth-order valence-corrected chi connectivity index (χ4v) is 2.46.